The number of hydrogen-bond donors (Lipinski definition) is 2. The molecule has 2 atom stereocenters. The van der Waals surface area contributed by atoms with Crippen molar-refractivity contribution < 1.29 is 0 Å². The van der Waals surface area contributed by atoms with Crippen molar-refractivity contribution in [2.24, 2.45) is 11.8 Å². The van der Waals surface area contributed by atoms with Crippen LogP contribution < -0.4 is 11.3 Å². The van der Waals surface area contributed by atoms with Crippen molar-refractivity contribution in [3.8, 4) is 0 Å². The maximum atomic E-state index is 5.47. The van der Waals surface area contributed by atoms with Crippen LogP contribution in [0.25, 0.3) is 0 Å². The van der Waals surface area contributed by atoms with Crippen molar-refractivity contribution in [3.05, 3.63) is 17.1 Å². The third-order valence-electron chi connectivity index (χ3n) is 3.60. The molecule has 0 radical (unpaired) electrons. The molecule has 1 aromatic heterocycles. The lowest BCUT2D eigenvalue weighted by atomic mass is 10.1. The van der Waals surface area contributed by atoms with E-state index in [1.165, 1.54) is 19.3 Å². The van der Waals surface area contributed by atoms with Gasteiger partial charge in [0.05, 0.1) is 0 Å². The molecule has 0 bridgehead atoms. The largest absolute Gasteiger partial charge is 0.308 e. The highest BCUT2D eigenvalue weighted by Gasteiger charge is 2.25. The van der Waals surface area contributed by atoms with Crippen LogP contribution >= 0.6 is 0 Å². The van der Waals surface area contributed by atoms with Gasteiger partial charge in [0, 0.05) is 17.2 Å². The van der Waals surface area contributed by atoms with Crippen LogP contribution in [0.1, 0.15) is 49.2 Å². The first kappa shape index (κ1) is 11.3. The van der Waals surface area contributed by atoms with Crippen molar-refractivity contribution in [1.82, 2.24) is 9.97 Å². The number of aromatic nitrogens is 2. The molecule has 3 N–H and O–H groups in total. The Hall–Kier alpha value is -1.16. The van der Waals surface area contributed by atoms with E-state index in [-0.39, 0.29) is 0 Å². The topological polar surface area (TPSA) is 63.8 Å². The summed E-state index contributed by atoms with van der Waals surface area (Å²) in [5, 5.41) is 0. The van der Waals surface area contributed by atoms with Gasteiger partial charge in [-0.25, -0.2) is 15.8 Å². The fourth-order valence-corrected chi connectivity index (χ4v) is 2.42. The Labute approximate surface area is 96.6 Å². The molecule has 16 heavy (non-hydrogen) atoms. The Balaban J connectivity index is 2.31. The highest BCUT2D eigenvalue weighted by Crippen LogP contribution is 2.37. The van der Waals surface area contributed by atoms with Gasteiger partial charge in [0.1, 0.15) is 11.6 Å². The first-order valence-electron chi connectivity index (χ1n) is 5.93. The molecule has 1 aromatic rings. The quantitative estimate of drug-likeness (QED) is 0.593. The van der Waals surface area contributed by atoms with Crippen LogP contribution in [0.2, 0.25) is 0 Å². The maximum absolute atomic E-state index is 5.47. The molecule has 2 rings (SSSR count). The van der Waals surface area contributed by atoms with E-state index in [4.69, 9.17) is 5.84 Å². The Kier molecular flexibility index (Phi) is 3.10. The zero-order valence-electron chi connectivity index (χ0n) is 10.2. The van der Waals surface area contributed by atoms with Gasteiger partial charge in [-0.15, -0.1) is 0 Å². The minimum atomic E-state index is 0.515. The molecule has 1 aliphatic carbocycles. The van der Waals surface area contributed by atoms with E-state index in [0.717, 1.165) is 28.8 Å². The van der Waals surface area contributed by atoms with Gasteiger partial charge in [-0.3, -0.25) is 0 Å². The van der Waals surface area contributed by atoms with Crippen LogP contribution in [0.3, 0.4) is 0 Å². The zero-order chi connectivity index (χ0) is 11.7. The molecule has 0 aliphatic heterocycles. The summed E-state index contributed by atoms with van der Waals surface area (Å²) in [6.45, 7) is 6.30. The summed E-state index contributed by atoms with van der Waals surface area (Å²) >= 11 is 0. The predicted octanol–water partition coefficient (Wildman–Crippen LogP) is 2.28. The van der Waals surface area contributed by atoms with Crippen LogP contribution in [-0.2, 0) is 0 Å². The summed E-state index contributed by atoms with van der Waals surface area (Å²) in [4.78, 5) is 9.11. The third-order valence-corrected chi connectivity index (χ3v) is 3.60. The number of nitrogens with one attached hydrogen (secondary N) is 1. The molecule has 0 saturated heterocycles. The van der Waals surface area contributed by atoms with E-state index >= 15 is 0 Å². The number of hydrogen-bond acceptors (Lipinski definition) is 4. The lowest BCUT2D eigenvalue weighted by Crippen LogP contribution is -2.14. The van der Waals surface area contributed by atoms with Crippen LogP contribution in [0.4, 0.5) is 5.82 Å². The molecule has 1 fully saturated rings. The Bertz CT molecular complexity index is 389. The number of rotatable bonds is 2. The van der Waals surface area contributed by atoms with Crippen molar-refractivity contribution >= 4 is 5.82 Å². The van der Waals surface area contributed by atoms with E-state index in [1.54, 1.807) is 0 Å². The van der Waals surface area contributed by atoms with Gasteiger partial charge in [-0.05, 0) is 39.0 Å². The van der Waals surface area contributed by atoms with Gasteiger partial charge in [-0.1, -0.05) is 6.92 Å². The first-order valence-corrected chi connectivity index (χ1v) is 5.93. The summed E-state index contributed by atoms with van der Waals surface area (Å²) in [7, 11) is 0. The van der Waals surface area contributed by atoms with Gasteiger partial charge in [0.2, 0.25) is 0 Å². The number of nitrogens with zero attached hydrogens (tertiary/aromatic N) is 2. The van der Waals surface area contributed by atoms with Gasteiger partial charge in [-0.2, -0.15) is 0 Å². The lowest BCUT2D eigenvalue weighted by Gasteiger charge is -2.13. The fourth-order valence-electron chi connectivity index (χ4n) is 2.42. The SMILES string of the molecule is Cc1nc(C2CCC(C)C2)nc(NN)c1C. The first-order chi connectivity index (χ1) is 7.61. The second-order valence-corrected chi connectivity index (χ2v) is 4.90. The molecule has 88 valence electrons. The monoisotopic (exact) mass is 220 g/mol. The molecule has 4 heteroatoms. The van der Waals surface area contributed by atoms with Crippen LogP contribution in [-0.4, -0.2) is 9.97 Å². The van der Waals surface area contributed by atoms with Crippen LogP contribution in [0.15, 0.2) is 0 Å². The van der Waals surface area contributed by atoms with Gasteiger partial charge >= 0.3 is 0 Å². The van der Waals surface area contributed by atoms with Gasteiger partial charge < -0.3 is 5.43 Å². The molecule has 0 spiro atoms. The Morgan fingerprint density at radius 1 is 1.25 bits per heavy atom. The summed E-state index contributed by atoms with van der Waals surface area (Å²) in [6, 6.07) is 0. The average molecular weight is 220 g/mol. The van der Waals surface area contributed by atoms with Crippen molar-refractivity contribution in [3.63, 3.8) is 0 Å². The summed E-state index contributed by atoms with van der Waals surface area (Å²) in [6.07, 6.45) is 3.69. The number of anilines is 1. The van der Waals surface area contributed by atoms with Crippen molar-refractivity contribution in [1.29, 1.82) is 0 Å². The Morgan fingerprint density at radius 3 is 2.56 bits per heavy atom. The molecule has 1 heterocycles. The number of nitrogen functional groups attached to an aromatic ring is 1. The molecule has 1 aliphatic rings. The highest BCUT2D eigenvalue weighted by atomic mass is 15.3. The van der Waals surface area contributed by atoms with E-state index in [0.29, 0.717) is 5.92 Å². The molecular formula is C12H20N4. The van der Waals surface area contributed by atoms with E-state index < -0.39 is 0 Å². The second kappa shape index (κ2) is 4.37. The average Bonchev–Trinajstić information content (AvgIpc) is 2.69. The number of aryl methyl sites for hydroxylation is 1. The molecule has 2 unspecified atom stereocenters. The van der Waals surface area contributed by atoms with Crippen molar-refractivity contribution in [2.45, 2.75) is 46.0 Å². The standard InChI is InChI=1S/C12H20N4/c1-7-4-5-10(6-7)12-14-9(3)8(2)11(15-12)16-13/h7,10H,4-6,13H2,1-3H3,(H,14,15,16). The molecule has 1 saturated carbocycles. The third kappa shape index (κ3) is 2.02. The van der Waals surface area contributed by atoms with Crippen molar-refractivity contribution in [2.75, 3.05) is 5.43 Å². The van der Waals surface area contributed by atoms with Gasteiger partial charge in [0.25, 0.3) is 0 Å². The van der Waals surface area contributed by atoms with Crippen LogP contribution in [0, 0.1) is 19.8 Å². The minimum Gasteiger partial charge on any atom is -0.308 e. The second-order valence-electron chi connectivity index (χ2n) is 4.90. The number of nitrogens with two attached hydrogens (primary N) is 1. The van der Waals surface area contributed by atoms with E-state index in [2.05, 4.69) is 22.3 Å². The molecule has 0 aromatic carbocycles. The van der Waals surface area contributed by atoms with Gasteiger partial charge in [0.15, 0.2) is 0 Å². The molecule has 0 amide bonds. The summed E-state index contributed by atoms with van der Waals surface area (Å²) < 4.78 is 0. The zero-order valence-corrected chi connectivity index (χ0v) is 10.2. The molecule has 4 nitrogen and oxygen atoms in total. The minimum absolute atomic E-state index is 0.515. The summed E-state index contributed by atoms with van der Waals surface area (Å²) in [5.74, 6) is 8.51. The molecular weight excluding hydrogens is 200 g/mol. The number of hydrazine groups is 1. The maximum Gasteiger partial charge on any atom is 0.146 e. The van der Waals surface area contributed by atoms with Crippen LogP contribution in [0.5, 0.6) is 0 Å². The normalized spacial score (nSPS) is 24.8. The summed E-state index contributed by atoms with van der Waals surface area (Å²) in [5.41, 5.74) is 4.72. The highest BCUT2D eigenvalue weighted by molar-refractivity contribution is 5.44. The lowest BCUT2D eigenvalue weighted by molar-refractivity contribution is 0.584. The van der Waals surface area contributed by atoms with E-state index in [9.17, 15) is 0 Å². The Morgan fingerprint density at radius 2 is 2.00 bits per heavy atom. The van der Waals surface area contributed by atoms with E-state index in [1.807, 2.05) is 13.8 Å². The fraction of sp³-hybridized carbons (Fsp3) is 0.667. The smallest absolute Gasteiger partial charge is 0.146 e. The predicted molar refractivity (Wildman–Crippen MR) is 65.1 cm³/mol.